The van der Waals surface area contributed by atoms with Gasteiger partial charge < -0.3 is 5.73 Å². The zero-order valence-corrected chi connectivity index (χ0v) is 9.04. The summed E-state index contributed by atoms with van der Waals surface area (Å²) in [5.74, 6) is 0.121. The van der Waals surface area contributed by atoms with Crippen LogP contribution in [0.25, 0.3) is 0 Å². The van der Waals surface area contributed by atoms with E-state index in [-0.39, 0.29) is 11.8 Å². The number of rotatable bonds is 3. The second kappa shape index (κ2) is 4.53. The molecule has 1 aromatic carbocycles. The van der Waals surface area contributed by atoms with Crippen molar-refractivity contribution in [2.75, 3.05) is 0 Å². The lowest BCUT2D eigenvalue weighted by Crippen LogP contribution is -2.13. The molecule has 0 aliphatic heterocycles. The molecule has 0 bridgehead atoms. The number of hydrogen-bond acceptors (Lipinski definition) is 2. The van der Waals surface area contributed by atoms with Crippen LogP contribution in [0.4, 0.5) is 0 Å². The van der Waals surface area contributed by atoms with E-state index in [1.54, 1.807) is 6.92 Å². The highest BCUT2D eigenvalue weighted by Gasteiger charge is 2.07. The lowest BCUT2D eigenvalue weighted by Gasteiger charge is -2.09. The van der Waals surface area contributed by atoms with Crippen LogP contribution in [0.1, 0.15) is 24.9 Å². The van der Waals surface area contributed by atoms with Crippen LogP contribution in [0.15, 0.2) is 28.7 Å². The van der Waals surface area contributed by atoms with Gasteiger partial charge >= 0.3 is 0 Å². The van der Waals surface area contributed by atoms with Crippen molar-refractivity contribution in [1.82, 2.24) is 0 Å². The van der Waals surface area contributed by atoms with Gasteiger partial charge in [0.05, 0.1) is 0 Å². The lowest BCUT2D eigenvalue weighted by molar-refractivity contribution is -0.117. The molecule has 1 unspecified atom stereocenters. The van der Waals surface area contributed by atoms with Gasteiger partial charge in [-0.05, 0) is 24.6 Å². The normalized spacial score (nSPS) is 12.5. The standard InChI is InChI=1S/C10H12BrNO/c1-7(13)6-10(12)8-2-4-9(11)5-3-8/h2-5,10H,6,12H2,1H3. The molecule has 0 fully saturated rings. The molecule has 2 nitrogen and oxygen atoms in total. The quantitative estimate of drug-likeness (QED) is 0.884. The first-order valence-electron chi connectivity index (χ1n) is 4.10. The molecular weight excluding hydrogens is 230 g/mol. The fraction of sp³-hybridized carbons (Fsp3) is 0.300. The number of halogens is 1. The number of carbonyl (C=O) groups is 1. The number of benzene rings is 1. The molecule has 1 atom stereocenters. The number of hydrogen-bond donors (Lipinski definition) is 1. The van der Waals surface area contributed by atoms with Crippen LogP contribution in [0, 0.1) is 0 Å². The van der Waals surface area contributed by atoms with Crippen molar-refractivity contribution in [1.29, 1.82) is 0 Å². The van der Waals surface area contributed by atoms with E-state index in [0.717, 1.165) is 10.0 Å². The zero-order valence-electron chi connectivity index (χ0n) is 7.46. The molecule has 0 heterocycles. The van der Waals surface area contributed by atoms with Crippen LogP contribution in [0.3, 0.4) is 0 Å². The van der Waals surface area contributed by atoms with Crippen LogP contribution in [-0.2, 0) is 4.79 Å². The first kappa shape index (κ1) is 10.4. The summed E-state index contributed by atoms with van der Waals surface area (Å²) in [6, 6.07) is 7.53. The molecule has 0 saturated heterocycles. The fourth-order valence-corrected chi connectivity index (χ4v) is 1.40. The molecular formula is C10H12BrNO. The number of Topliss-reactive ketones (excluding diaryl/α,β-unsaturated/α-hetero) is 1. The Labute approximate surface area is 86.3 Å². The second-order valence-electron chi connectivity index (χ2n) is 3.06. The fourth-order valence-electron chi connectivity index (χ4n) is 1.14. The van der Waals surface area contributed by atoms with Crippen molar-refractivity contribution >= 4 is 21.7 Å². The molecule has 70 valence electrons. The Morgan fingerprint density at radius 2 is 2.00 bits per heavy atom. The molecule has 0 aromatic heterocycles. The predicted molar refractivity (Wildman–Crippen MR) is 56.4 cm³/mol. The molecule has 0 aliphatic carbocycles. The highest BCUT2D eigenvalue weighted by atomic mass is 79.9. The summed E-state index contributed by atoms with van der Waals surface area (Å²) in [5, 5.41) is 0. The van der Waals surface area contributed by atoms with E-state index < -0.39 is 0 Å². The van der Waals surface area contributed by atoms with Crippen molar-refractivity contribution < 1.29 is 4.79 Å². The predicted octanol–water partition coefficient (Wildman–Crippen LogP) is 2.43. The van der Waals surface area contributed by atoms with Gasteiger partial charge in [-0.3, -0.25) is 4.79 Å². The summed E-state index contributed by atoms with van der Waals surface area (Å²) in [6.07, 6.45) is 0.404. The molecule has 2 N–H and O–H groups in total. The Morgan fingerprint density at radius 3 is 2.46 bits per heavy atom. The summed E-state index contributed by atoms with van der Waals surface area (Å²) >= 11 is 3.34. The van der Waals surface area contributed by atoms with Gasteiger partial charge in [0, 0.05) is 16.9 Å². The van der Waals surface area contributed by atoms with E-state index in [1.165, 1.54) is 0 Å². The Morgan fingerprint density at radius 1 is 1.46 bits per heavy atom. The van der Waals surface area contributed by atoms with E-state index >= 15 is 0 Å². The molecule has 0 spiro atoms. The molecule has 13 heavy (non-hydrogen) atoms. The molecule has 0 radical (unpaired) electrons. The average Bonchev–Trinajstić information content (AvgIpc) is 2.04. The number of carbonyl (C=O) groups excluding carboxylic acids is 1. The van der Waals surface area contributed by atoms with Gasteiger partial charge in [0.1, 0.15) is 5.78 Å². The lowest BCUT2D eigenvalue weighted by atomic mass is 10.0. The number of ketones is 1. The van der Waals surface area contributed by atoms with Crippen molar-refractivity contribution in [3.8, 4) is 0 Å². The van der Waals surface area contributed by atoms with E-state index in [0.29, 0.717) is 6.42 Å². The SMILES string of the molecule is CC(=O)CC(N)c1ccc(Br)cc1. The maximum absolute atomic E-state index is 10.8. The Balaban J connectivity index is 2.71. The maximum atomic E-state index is 10.8. The summed E-state index contributed by atoms with van der Waals surface area (Å²) < 4.78 is 1.02. The van der Waals surface area contributed by atoms with Gasteiger partial charge in [-0.25, -0.2) is 0 Å². The molecule has 3 heteroatoms. The second-order valence-corrected chi connectivity index (χ2v) is 3.98. The highest BCUT2D eigenvalue weighted by molar-refractivity contribution is 9.10. The van der Waals surface area contributed by atoms with Crippen LogP contribution in [-0.4, -0.2) is 5.78 Å². The summed E-state index contributed by atoms with van der Waals surface area (Å²) in [7, 11) is 0. The van der Waals surface area contributed by atoms with Gasteiger partial charge in [0.15, 0.2) is 0 Å². The van der Waals surface area contributed by atoms with Crippen molar-refractivity contribution in [2.24, 2.45) is 5.73 Å². The van der Waals surface area contributed by atoms with Gasteiger partial charge in [0.2, 0.25) is 0 Å². The monoisotopic (exact) mass is 241 g/mol. The Kier molecular flexibility index (Phi) is 3.63. The van der Waals surface area contributed by atoms with Crippen LogP contribution in [0.2, 0.25) is 0 Å². The van der Waals surface area contributed by atoms with Gasteiger partial charge in [-0.15, -0.1) is 0 Å². The summed E-state index contributed by atoms with van der Waals surface area (Å²) in [5.41, 5.74) is 6.81. The average molecular weight is 242 g/mol. The first-order valence-corrected chi connectivity index (χ1v) is 4.89. The third kappa shape index (κ3) is 3.28. The largest absolute Gasteiger partial charge is 0.324 e. The molecule has 0 amide bonds. The van der Waals surface area contributed by atoms with Crippen molar-refractivity contribution in [3.05, 3.63) is 34.3 Å². The van der Waals surface area contributed by atoms with Gasteiger partial charge in [0.25, 0.3) is 0 Å². The topological polar surface area (TPSA) is 43.1 Å². The van der Waals surface area contributed by atoms with Gasteiger partial charge in [-0.1, -0.05) is 28.1 Å². The van der Waals surface area contributed by atoms with Crippen molar-refractivity contribution in [3.63, 3.8) is 0 Å². The van der Waals surface area contributed by atoms with E-state index in [1.807, 2.05) is 24.3 Å². The van der Waals surface area contributed by atoms with Gasteiger partial charge in [-0.2, -0.15) is 0 Å². The minimum atomic E-state index is -0.175. The minimum Gasteiger partial charge on any atom is -0.324 e. The third-order valence-corrected chi connectivity index (χ3v) is 2.33. The van der Waals surface area contributed by atoms with E-state index in [4.69, 9.17) is 5.73 Å². The minimum absolute atomic E-state index is 0.121. The molecule has 0 saturated carbocycles. The van der Waals surface area contributed by atoms with Crippen LogP contribution in [0.5, 0.6) is 0 Å². The van der Waals surface area contributed by atoms with E-state index in [9.17, 15) is 4.79 Å². The summed E-state index contributed by atoms with van der Waals surface area (Å²) in [6.45, 7) is 1.55. The smallest absolute Gasteiger partial charge is 0.131 e. The van der Waals surface area contributed by atoms with Crippen LogP contribution < -0.4 is 5.73 Å². The number of nitrogens with two attached hydrogens (primary N) is 1. The Hall–Kier alpha value is -0.670. The molecule has 0 aliphatic rings. The van der Waals surface area contributed by atoms with Crippen LogP contribution >= 0.6 is 15.9 Å². The van der Waals surface area contributed by atoms with E-state index in [2.05, 4.69) is 15.9 Å². The maximum Gasteiger partial charge on any atom is 0.131 e. The molecule has 1 rings (SSSR count). The van der Waals surface area contributed by atoms with Crippen molar-refractivity contribution in [2.45, 2.75) is 19.4 Å². The Bertz CT molecular complexity index is 294. The molecule has 1 aromatic rings. The summed E-state index contributed by atoms with van der Waals surface area (Å²) in [4.78, 5) is 10.8. The third-order valence-electron chi connectivity index (χ3n) is 1.81. The first-order chi connectivity index (χ1) is 6.09. The highest BCUT2D eigenvalue weighted by Crippen LogP contribution is 2.17. The zero-order chi connectivity index (χ0) is 9.84.